The van der Waals surface area contributed by atoms with Gasteiger partial charge in [0.2, 0.25) is 0 Å². The summed E-state index contributed by atoms with van der Waals surface area (Å²) in [7, 11) is 0. The van der Waals surface area contributed by atoms with Gasteiger partial charge in [-0.2, -0.15) is 5.10 Å². The maximum atomic E-state index is 13.1. The third kappa shape index (κ3) is 2.04. The first-order chi connectivity index (χ1) is 10.6. The van der Waals surface area contributed by atoms with Crippen LogP contribution >= 0.6 is 0 Å². The highest BCUT2D eigenvalue weighted by atomic mass is 19.1. The van der Waals surface area contributed by atoms with E-state index in [0.29, 0.717) is 22.6 Å². The van der Waals surface area contributed by atoms with Gasteiger partial charge in [0.05, 0.1) is 22.8 Å². The fourth-order valence-electron chi connectivity index (χ4n) is 2.56. The monoisotopic (exact) mass is 297 g/mol. The van der Waals surface area contributed by atoms with Crippen LogP contribution in [-0.2, 0) is 0 Å². The molecule has 0 saturated heterocycles. The first-order valence-electron chi connectivity index (χ1n) is 7.01. The second kappa shape index (κ2) is 4.62. The Bertz CT molecular complexity index is 882. The Balaban J connectivity index is 1.96. The fraction of sp³-hybridized carbons (Fsp3) is 0.188. The van der Waals surface area contributed by atoms with Crippen LogP contribution in [0.25, 0.3) is 16.7 Å². The molecule has 0 aliphatic heterocycles. The van der Waals surface area contributed by atoms with Crippen LogP contribution in [0.3, 0.4) is 0 Å². The van der Waals surface area contributed by atoms with Crippen molar-refractivity contribution in [3.8, 4) is 5.69 Å². The summed E-state index contributed by atoms with van der Waals surface area (Å²) in [6, 6.07) is 7.50. The topological polar surface area (TPSA) is 68.0 Å². The first kappa shape index (κ1) is 12.9. The molecule has 4 rings (SSSR count). The van der Waals surface area contributed by atoms with Crippen LogP contribution in [0.1, 0.15) is 34.8 Å². The number of hydrogen-bond donors (Lipinski definition) is 1. The molecular weight excluding hydrogens is 285 g/mol. The van der Waals surface area contributed by atoms with E-state index in [-0.39, 0.29) is 11.4 Å². The van der Waals surface area contributed by atoms with Crippen molar-refractivity contribution in [1.29, 1.82) is 0 Å². The molecule has 1 aliphatic rings. The minimum absolute atomic E-state index is 0.209. The molecule has 1 aromatic carbocycles. The van der Waals surface area contributed by atoms with Crippen LogP contribution in [0.4, 0.5) is 4.39 Å². The van der Waals surface area contributed by atoms with E-state index >= 15 is 0 Å². The lowest BCUT2D eigenvalue weighted by atomic mass is 10.1. The summed E-state index contributed by atoms with van der Waals surface area (Å²) in [6.45, 7) is 0. The van der Waals surface area contributed by atoms with Gasteiger partial charge in [-0.3, -0.25) is 0 Å². The maximum absolute atomic E-state index is 13.1. The number of carbonyl (C=O) groups is 1. The highest BCUT2D eigenvalue weighted by Gasteiger charge is 2.28. The van der Waals surface area contributed by atoms with Crippen LogP contribution in [0.15, 0.2) is 36.5 Å². The molecule has 0 radical (unpaired) electrons. The van der Waals surface area contributed by atoms with Crippen LogP contribution in [-0.4, -0.2) is 25.8 Å². The molecule has 5 nitrogen and oxygen atoms in total. The third-order valence-corrected chi connectivity index (χ3v) is 3.86. The van der Waals surface area contributed by atoms with Crippen molar-refractivity contribution in [3.05, 3.63) is 53.6 Å². The van der Waals surface area contributed by atoms with Gasteiger partial charge in [-0.1, -0.05) is 0 Å². The summed E-state index contributed by atoms with van der Waals surface area (Å²) in [5.74, 6) is -0.995. The minimum atomic E-state index is -0.993. The summed E-state index contributed by atoms with van der Waals surface area (Å²) in [5.41, 5.74) is 2.13. The predicted octanol–water partition coefficient (Wildman–Crippen LogP) is 3.14. The summed E-state index contributed by atoms with van der Waals surface area (Å²) < 4.78 is 14.6. The maximum Gasteiger partial charge on any atom is 0.336 e. The van der Waals surface area contributed by atoms with E-state index in [1.807, 2.05) is 0 Å². The van der Waals surface area contributed by atoms with Crippen molar-refractivity contribution >= 4 is 17.0 Å². The molecule has 2 aromatic heterocycles. The van der Waals surface area contributed by atoms with Gasteiger partial charge in [0.1, 0.15) is 5.82 Å². The fourth-order valence-corrected chi connectivity index (χ4v) is 2.56. The van der Waals surface area contributed by atoms with Crippen molar-refractivity contribution < 1.29 is 14.3 Å². The number of aromatic carboxylic acids is 1. The molecule has 1 fully saturated rings. The molecule has 0 amide bonds. The van der Waals surface area contributed by atoms with Gasteiger partial charge in [0.25, 0.3) is 0 Å². The van der Waals surface area contributed by atoms with E-state index in [9.17, 15) is 14.3 Å². The SMILES string of the molecule is O=C(O)c1cc(C2CC2)nc2c1cnn2-c1ccc(F)cc1. The van der Waals surface area contributed by atoms with Crippen LogP contribution < -0.4 is 0 Å². The van der Waals surface area contributed by atoms with Gasteiger partial charge in [0, 0.05) is 11.6 Å². The number of carboxylic acids is 1. The van der Waals surface area contributed by atoms with E-state index < -0.39 is 5.97 Å². The van der Waals surface area contributed by atoms with Crippen LogP contribution in [0, 0.1) is 5.82 Å². The zero-order valence-electron chi connectivity index (χ0n) is 11.5. The van der Waals surface area contributed by atoms with E-state index in [1.165, 1.54) is 18.3 Å². The number of hydrogen-bond acceptors (Lipinski definition) is 3. The average molecular weight is 297 g/mol. The molecule has 2 heterocycles. The van der Waals surface area contributed by atoms with Gasteiger partial charge >= 0.3 is 5.97 Å². The van der Waals surface area contributed by atoms with Gasteiger partial charge < -0.3 is 5.11 Å². The lowest BCUT2D eigenvalue weighted by molar-refractivity contribution is 0.0699. The highest BCUT2D eigenvalue weighted by molar-refractivity contribution is 6.01. The minimum Gasteiger partial charge on any atom is -0.478 e. The quantitative estimate of drug-likeness (QED) is 0.806. The van der Waals surface area contributed by atoms with Crippen molar-refractivity contribution in [2.45, 2.75) is 18.8 Å². The smallest absolute Gasteiger partial charge is 0.336 e. The summed E-state index contributed by atoms with van der Waals surface area (Å²) in [5, 5.41) is 14.1. The first-order valence-corrected chi connectivity index (χ1v) is 7.01. The van der Waals surface area contributed by atoms with Gasteiger partial charge in [0.15, 0.2) is 5.65 Å². The number of aromatic nitrogens is 3. The van der Waals surface area contributed by atoms with Crippen molar-refractivity contribution in [2.75, 3.05) is 0 Å². The van der Waals surface area contributed by atoms with Gasteiger partial charge in [-0.05, 0) is 43.2 Å². The Hall–Kier alpha value is -2.76. The molecule has 0 unspecified atom stereocenters. The Morgan fingerprint density at radius 2 is 2.00 bits per heavy atom. The van der Waals surface area contributed by atoms with Gasteiger partial charge in [-0.15, -0.1) is 0 Å². The van der Waals surface area contributed by atoms with E-state index in [4.69, 9.17) is 0 Å². The second-order valence-corrected chi connectivity index (χ2v) is 5.44. The molecule has 1 saturated carbocycles. The Morgan fingerprint density at radius 1 is 1.27 bits per heavy atom. The molecule has 22 heavy (non-hydrogen) atoms. The molecule has 0 bridgehead atoms. The van der Waals surface area contributed by atoms with Crippen molar-refractivity contribution in [3.63, 3.8) is 0 Å². The lowest BCUT2D eigenvalue weighted by Gasteiger charge is -2.06. The molecule has 3 aromatic rings. The number of rotatable bonds is 3. The van der Waals surface area contributed by atoms with E-state index in [2.05, 4.69) is 10.1 Å². The Kier molecular flexibility index (Phi) is 2.72. The van der Waals surface area contributed by atoms with Crippen molar-refractivity contribution in [2.24, 2.45) is 0 Å². The number of pyridine rings is 1. The molecular formula is C16H12FN3O2. The molecule has 110 valence electrons. The number of fused-ring (bicyclic) bond motifs is 1. The number of halogens is 1. The highest BCUT2D eigenvalue weighted by Crippen LogP contribution is 2.40. The number of carboxylic acid groups (broad SMARTS) is 1. The standard InChI is InChI=1S/C16H12FN3O2/c17-10-3-5-11(6-4-10)20-15-13(8-18-20)12(16(21)22)7-14(19-15)9-1-2-9/h3-9H,1-2H2,(H,21,22). The summed E-state index contributed by atoms with van der Waals surface area (Å²) >= 11 is 0. The largest absolute Gasteiger partial charge is 0.478 e. The lowest BCUT2D eigenvalue weighted by Crippen LogP contribution is -2.03. The van der Waals surface area contributed by atoms with Crippen LogP contribution in [0.5, 0.6) is 0 Å². The predicted molar refractivity (Wildman–Crippen MR) is 77.8 cm³/mol. The Morgan fingerprint density at radius 3 is 2.64 bits per heavy atom. The second-order valence-electron chi connectivity index (χ2n) is 5.44. The number of benzene rings is 1. The summed E-state index contributed by atoms with van der Waals surface area (Å²) in [6.07, 6.45) is 3.55. The Labute approximate surface area is 125 Å². The third-order valence-electron chi connectivity index (χ3n) is 3.86. The number of nitrogens with zero attached hydrogens (tertiary/aromatic N) is 3. The molecule has 1 aliphatic carbocycles. The van der Waals surface area contributed by atoms with E-state index in [1.54, 1.807) is 22.9 Å². The molecule has 0 spiro atoms. The molecule has 1 N–H and O–H groups in total. The van der Waals surface area contributed by atoms with Crippen LogP contribution in [0.2, 0.25) is 0 Å². The summed E-state index contributed by atoms with van der Waals surface area (Å²) in [4.78, 5) is 16.1. The zero-order valence-corrected chi connectivity index (χ0v) is 11.5. The van der Waals surface area contributed by atoms with Gasteiger partial charge in [-0.25, -0.2) is 18.9 Å². The average Bonchev–Trinajstić information content (AvgIpc) is 3.27. The van der Waals surface area contributed by atoms with E-state index in [0.717, 1.165) is 18.5 Å². The normalized spacial score (nSPS) is 14.4. The molecule has 0 atom stereocenters. The zero-order chi connectivity index (χ0) is 15.3. The van der Waals surface area contributed by atoms with Crippen molar-refractivity contribution in [1.82, 2.24) is 14.8 Å². The molecule has 6 heteroatoms.